The topological polar surface area (TPSA) is 51.7 Å². The van der Waals surface area contributed by atoms with Crippen LogP contribution in [0.1, 0.15) is 18.5 Å². The molecule has 2 fully saturated rings. The molecular formula is C15H20N2O3. The van der Waals surface area contributed by atoms with Crippen LogP contribution in [0.2, 0.25) is 0 Å². The molecule has 1 aliphatic heterocycles. The molecule has 0 aromatic carbocycles. The van der Waals surface area contributed by atoms with E-state index in [0.717, 1.165) is 18.5 Å². The van der Waals surface area contributed by atoms with Gasteiger partial charge in [-0.3, -0.25) is 9.78 Å². The summed E-state index contributed by atoms with van der Waals surface area (Å²) in [6.07, 6.45) is 4.13. The van der Waals surface area contributed by atoms with Gasteiger partial charge in [-0.1, -0.05) is 6.07 Å². The average molecular weight is 276 g/mol. The zero-order chi connectivity index (χ0) is 13.9. The summed E-state index contributed by atoms with van der Waals surface area (Å²) in [7, 11) is 1.70. The number of rotatable bonds is 3. The summed E-state index contributed by atoms with van der Waals surface area (Å²) in [5, 5.41) is 0. The van der Waals surface area contributed by atoms with E-state index < -0.39 is 0 Å². The molecule has 0 spiro atoms. The average Bonchev–Trinajstić information content (AvgIpc) is 2.75. The second-order valence-corrected chi connectivity index (χ2v) is 5.34. The van der Waals surface area contributed by atoms with Crippen molar-refractivity contribution in [1.29, 1.82) is 0 Å². The summed E-state index contributed by atoms with van der Waals surface area (Å²) in [5.41, 5.74) is 0.811. The number of aromatic nitrogens is 1. The molecule has 1 saturated heterocycles. The molecule has 3 rings (SSSR count). The number of ether oxygens (including phenoxy) is 2. The van der Waals surface area contributed by atoms with Crippen LogP contribution in [0.15, 0.2) is 24.4 Å². The number of nitrogens with zero attached hydrogens (tertiary/aromatic N) is 2. The van der Waals surface area contributed by atoms with Crippen molar-refractivity contribution in [3.05, 3.63) is 30.1 Å². The molecule has 0 unspecified atom stereocenters. The van der Waals surface area contributed by atoms with E-state index in [0.29, 0.717) is 19.6 Å². The van der Waals surface area contributed by atoms with E-state index in [2.05, 4.69) is 4.98 Å². The Bertz CT molecular complexity index is 465. The summed E-state index contributed by atoms with van der Waals surface area (Å²) < 4.78 is 11.3. The largest absolute Gasteiger partial charge is 0.377 e. The van der Waals surface area contributed by atoms with Crippen LogP contribution in [0.25, 0.3) is 0 Å². The van der Waals surface area contributed by atoms with Crippen molar-refractivity contribution in [3.8, 4) is 0 Å². The van der Waals surface area contributed by atoms with Crippen LogP contribution < -0.4 is 0 Å². The summed E-state index contributed by atoms with van der Waals surface area (Å²) in [4.78, 5) is 18.7. The van der Waals surface area contributed by atoms with Crippen LogP contribution in [0.3, 0.4) is 0 Å². The van der Waals surface area contributed by atoms with Crippen LogP contribution in [-0.4, -0.2) is 54.3 Å². The molecule has 0 N–H and O–H groups in total. The predicted molar refractivity (Wildman–Crippen MR) is 73.2 cm³/mol. The minimum atomic E-state index is 0.00480. The van der Waals surface area contributed by atoms with E-state index in [1.807, 2.05) is 23.1 Å². The Morgan fingerprint density at radius 1 is 1.50 bits per heavy atom. The van der Waals surface area contributed by atoms with Gasteiger partial charge >= 0.3 is 0 Å². The number of carbonyl (C=O) groups excluding carboxylic acids is 1. The van der Waals surface area contributed by atoms with Gasteiger partial charge in [0.25, 0.3) is 0 Å². The Balaban J connectivity index is 1.73. The van der Waals surface area contributed by atoms with Crippen LogP contribution in [0, 0.1) is 0 Å². The quantitative estimate of drug-likeness (QED) is 0.827. The van der Waals surface area contributed by atoms with Crippen molar-refractivity contribution in [2.24, 2.45) is 0 Å². The van der Waals surface area contributed by atoms with Gasteiger partial charge in [-0.2, -0.15) is 0 Å². The highest BCUT2D eigenvalue weighted by atomic mass is 16.5. The van der Waals surface area contributed by atoms with E-state index >= 15 is 0 Å². The molecule has 2 bridgehead atoms. The molecule has 3 atom stereocenters. The van der Waals surface area contributed by atoms with Gasteiger partial charge in [0.15, 0.2) is 0 Å². The normalized spacial score (nSPS) is 29.2. The zero-order valence-electron chi connectivity index (χ0n) is 11.7. The van der Waals surface area contributed by atoms with Gasteiger partial charge in [-0.15, -0.1) is 0 Å². The van der Waals surface area contributed by atoms with Crippen molar-refractivity contribution in [1.82, 2.24) is 9.88 Å². The molecule has 5 heteroatoms. The Kier molecular flexibility index (Phi) is 3.98. The second-order valence-electron chi connectivity index (χ2n) is 5.34. The summed E-state index contributed by atoms with van der Waals surface area (Å²) >= 11 is 0. The molecule has 0 radical (unpaired) electrons. The first-order chi connectivity index (χ1) is 9.79. The van der Waals surface area contributed by atoms with Gasteiger partial charge in [0.05, 0.1) is 25.2 Å². The summed E-state index contributed by atoms with van der Waals surface area (Å²) in [5.74, 6) is 0.113. The first kappa shape index (κ1) is 13.5. The fourth-order valence-corrected chi connectivity index (χ4v) is 3.27. The number of fused-ring (bicyclic) bond motifs is 2. The molecule has 1 aromatic heterocycles. The van der Waals surface area contributed by atoms with E-state index in [1.165, 1.54) is 0 Å². The Hall–Kier alpha value is -1.46. The van der Waals surface area contributed by atoms with E-state index in [9.17, 15) is 4.79 Å². The van der Waals surface area contributed by atoms with Crippen molar-refractivity contribution in [2.75, 3.05) is 20.3 Å². The predicted octanol–water partition coefficient (Wildman–Crippen LogP) is 1.03. The van der Waals surface area contributed by atoms with Crippen molar-refractivity contribution >= 4 is 5.91 Å². The fourth-order valence-electron chi connectivity index (χ4n) is 3.27. The van der Waals surface area contributed by atoms with E-state index in [1.54, 1.807) is 13.3 Å². The SMILES string of the molecule is CO[C@H]1[C@H]2CC[C@H]1OCCN2C(=O)Cc1ccccn1. The molecule has 1 amide bonds. The number of carbonyl (C=O) groups is 1. The third-order valence-electron chi connectivity index (χ3n) is 4.21. The van der Waals surface area contributed by atoms with Gasteiger partial charge in [-0.05, 0) is 25.0 Å². The number of hydrogen-bond donors (Lipinski definition) is 0. The van der Waals surface area contributed by atoms with Crippen LogP contribution >= 0.6 is 0 Å². The number of pyridine rings is 1. The molecule has 20 heavy (non-hydrogen) atoms. The van der Waals surface area contributed by atoms with Crippen molar-refractivity contribution < 1.29 is 14.3 Å². The van der Waals surface area contributed by atoms with Crippen LogP contribution in [0.4, 0.5) is 0 Å². The maximum absolute atomic E-state index is 12.5. The van der Waals surface area contributed by atoms with Crippen LogP contribution in [-0.2, 0) is 20.7 Å². The molecule has 1 saturated carbocycles. The standard InChI is InChI=1S/C15H20N2O3/c1-19-15-12-5-6-13(15)20-9-8-17(12)14(18)10-11-4-2-3-7-16-11/h2-4,7,12-13,15H,5-6,8-10H2,1H3/t12-,13-,15+/m1/s1. The fraction of sp³-hybridized carbons (Fsp3) is 0.600. The van der Waals surface area contributed by atoms with Gasteiger partial charge in [0.2, 0.25) is 5.91 Å². The lowest BCUT2D eigenvalue weighted by Crippen LogP contribution is -2.46. The molecule has 2 aliphatic rings. The van der Waals surface area contributed by atoms with Crippen molar-refractivity contribution in [2.45, 2.75) is 37.5 Å². The number of methoxy groups -OCH3 is 1. The first-order valence-corrected chi connectivity index (χ1v) is 7.13. The Morgan fingerprint density at radius 3 is 3.15 bits per heavy atom. The third-order valence-corrected chi connectivity index (χ3v) is 4.21. The second kappa shape index (κ2) is 5.89. The molecule has 1 aromatic rings. The lowest BCUT2D eigenvalue weighted by atomic mass is 10.1. The molecule has 5 nitrogen and oxygen atoms in total. The zero-order valence-corrected chi connectivity index (χ0v) is 11.7. The smallest absolute Gasteiger partial charge is 0.229 e. The number of hydrogen-bond acceptors (Lipinski definition) is 4. The first-order valence-electron chi connectivity index (χ1n) is 7.13. The van der Waals surface area contributed by atoms with E-state index in [-0.39, 0.29) is 24.2 Å². The summed E-state index contributed by atoms with van der Waals surface area (Å²) in [6, 6.07) is 5.79. The van der Waals surface area contributed by atoms with Crippen LogP contribution in [0.5, 0.6) is 0 Å². The Morgan fingerprint density at radius 2 is 2.40 bits per heavy atom. The number of amides is 1. The molecule has 1 aliphatic carbocycles. The lowest BCUT2D eigenvalue weighted by Gasteiger charge is -2.30. The maximum Gasteiger partial charge on any atom is 0.229 e. The highest BCUT2D eigenvalue weighted by molar-refractivity contribution is 5.78. The van der Waals surface area contributed by atoms with Gasteiger partial charge in [0, 0.05) is 25.5 Å². The van der Waals surface area contributed by atoms with Gasteiger partial charge in [-0.25, -0.2) is 0 Å². The van der Waals surface area contributed by atoms with Gasteiger partial charge < -0.3 is 14.4 Å². The molecular weight excluding hydrogens is 256 g/mol. The van der Waals surface area contributed by atoms with Gasteiger partial charge in [0.1, 0.15) is 6.10 Å². The highest BCUT2D eigenvalue weighted by Crippen LogP contribution is 2.31. The monoisotopic (exact) mass is 276 g/mol. The Labute approximate surface area is 118 Å². The summed E-state index contributed by atoms with van der Waals surface area (Å²) in [6.45, 7) is 1.24. The molecule has 108 valence electrons. The molecule has 2 heterocycles. The van der Waals surface area contributed by atoms with Crippen molar-refractivity contribution in [3.63, 3.8) is 0 Å². The minimum absolute atomic E-state index is 0.00480. The minimum Gasteiger partial charge on any atom is -0.377 e. The van der Waals surface area contributed by atoms with E-state index in [4.69, 9.17) is 9.47 Å². The maximum atomic E-state index is 12.5. The lowest BCUT2D eigenvalue weighted by molar-refractivity contribution is -0.134. The highest BCUT2D eigenvalue weighted by Gasteiger charge is 2.43. The third kappa shape index (κ3) is 2.55.